The Morgan fingerprint density at radius 1 is 1.33 bits per heavy atom. The van der Waals surface area contributed by atoms with Crippen molar-refractivity contribution >= 4 is 34.5 Å². The number of ether oxygens (including phenoxy) is 1. The highest BCUT2D eigenvalue weighted by atomic mass is 35.5. The van der Waals surface area contributed by atoms with Gasteiger partial charge in [0.2, 0.25) is 0 Å². The second kappa shape index (κ2) is 6.33. The van der Waals surface area contributed by atoms with Crippen LogP contribution in [0.2, 0.25) is 10.0 Å². The van der Waals surface area contributed by atoms with Gasteiger partial charge in [0.15, 0.2) is 0 Å². The lowest BCUT2D eigenvalue weighted by Gasteiger charge is -2.03. The number of nitrogens with zero attached hydrogens (tertiary/aromatic N) is 2. The Kier molecular flexibility index (Phi) is 4.77. The molecule has 0 aliphatic heterocycles. The molecule has 0 aliphatic carbocycles. The van der Waals surface area contributed by atoms with Gasteiger partial charge in [0.25, 0.3) is 5.19 Å². The summed E-state index contributed by atoms with van der Waals surface area (Å²) in [6.07, 6.45) is 0. The van der Waals surface area contributed by atoms with E-state index in [-0.39, 0.29) is 0 Å². The van der Waals surface area contributed by atoms with Crippen LogP contribution in [-0.2, 0) is 6.54 Å². The number of rotatable bonds is 5. The minimum absolute atomic E-state index is 0.451. The molecule has 0 aliphatic rings. The van der Waals surface area contributed by atoms with Crippen LogP contribution in [0.15, 0.2) is 18.2 Å². The van der Waals surface area contributed by atoms with Crippen LogP contribution in [0.1, 0.15) is 11.9 Å². The van der Waals surface area contributed by atoms with E-state index in [1.165, 1.54) is 11.3 Å². The predicted molar refractivity (Wildman–Crippen MR) is 73.8 cm³/mol. The van der Waals surface area contributed by atoms with E-state index in [2.05, 4.69) is 15.5 Å². The average molecular weight is 304 g/mol. The number of hydrogen-bond donors (Lipinski definition) is 1. The van der Waals surface area contributed by atoms with E-state index in [1.54, 1.807) is 18.2 Å². The van der Waals surface area contributed by atoms with Gasteiger partial charge in [-0.15, -0.1) is 5.10 Å². The van der Waals surface area contributed by atoms with Gasteiger partial charge in [-0.25, -0.2) is 0 Å². The normalized spacial score (nSPS) is 10.6. The molecule has 0 saturated carbocycles. The molecule has 7 heteroatoms. The molecule has 0 unspecified atom stereocenters. The average Bonchev–Trinajstić information content (AvgIpc) is 2.79. The largest absolute Gasteiger partial charge is 0.428 e. The van der Waals surface area contributed by atoms with Crippen molar-refractivity contribution in [1.29, 1.82) is 0 Å². The van der Waals surface area contributed by atoms with E-state index in [4.69, 9.17) is 27.9 Å². The van der Waals surface area contributed by atoms with Crippen LogP contribution < -0.4 is 10.1 Å². The highest BCUT2D eigenvalue weighted by Crippen LogP contribution is 2.32. The Morgan fingerprint density at radius 2 is 2.17 bits per heavy atom. The van der Waals surface area contributed by atoms with Crippen LogP contribution in [-0.4, -0.2) is 16.7 Å². The highest BCUT2D eigenvalue weighted by Gasteiger charge is 2.09. The molecule has 2 aromatic rings. The SMILES string of the molecule is CCNCc1nnc(Oc2cc(Cl)ccc2Cl)s1. The minimum atomic E-state index is 0.451. The number of halogens is 2. The molecule has 1 heterocycles. The summed E-state index contributed by atoms with van der Waals surface area (Å²) < 4.78 is 5.55. The topological polar surface area (TPSA) is 47.0 Å². The maximum absolute atomic E-state index is 6.00. The van der Waals surface area contributed by atoms with Crippen LogP contribution in [0, 0.1) is 0 Å². The van der Waals surface area contributed by atoms with Gasteiger partial charge in [-0.05, 0) is 18.7 Å². The summed E-state index contributed by atoms with van der Waals surface area (Å²) in [5.74, 6) is 0.482. The summed E-state index contributed by atoms with van der Waals surface area (Å²) >= 11 is 13.2. The maximum Gasteiger partial charge on any atom is 0.299 e. The third-order valence-electron chi connectivity index (χ3n) is 2.07. The van der Waals surface area contributed by atoms with E-state index in [0.717, 1.165) is 11.6 Å². The molecule has 0 fully saturated rings. The molecule has 0 saturated heterocycles. The van der Waals surface area contributed by atoms with Gasteiger partial charge in [0.1, 0.15) is 10.8 Å². The van der Waals surface area contributed by atoms with E-state index >= 15 is 0 Å². The molecule has 1 aromatic carbocycles. The first-order chi connectivity index (χ1) is 8.69. The molecular formula is C11H11Cl2N3OS. The summed E-state index contributed by atoms with van der Waals surface area (Å²) in [4.78, 5) is 0. The Hall–Kier alpha value is -0.880. The standard InChI is InChI=1S/C11H11Cl2N3OS/c1-2-14-6-10-15-16-11(18-10)17-9-5-7(12)3-4-8(9)13/h3-5,14H,2,6H2,1H3. The zero-order valence-electron chi connectivity index (χ0n) is 9.61. The summed E-state index contributed by atoms with van der Waals surface area (Å²) in [6, 6.07) is 5.03. The van der Waals surface area contributed by atoms with Crippen molar-refractivity contribution in [2.75, 3.05) is 6.54 Å². The predicted octanol–water partition coefficient (Wildman–Crippen LogP) is 3.75. The smallest absolute Gasteiger partial charge is 0.299 e. The lowest BCUT2D eigenvalue weighted by Crippen LogP contribution is -2.11. The second-order valence-corrected chi connectivity index (χ2v) is 5.29. The van der Waals surface area contributed by atoms with Crippen LogP contribution in [0.25, 0.3) is 0 Å². The lowest BCUT2D eigenvalue weighted by molar-refractivity contribution is 0.473. The van der Waals surface area contributed by atoms with Gasteiger partial charge in [-0.3, -0.25) is 0 Å². The summed E-state index contributed by atoms with van der Waals surface area (Å²) in [7, 11) is 0. The van der Waals surface area contributed by atoms with E-state index < -0.39 is 0 Å². The third-order valence-corrected chi connectivity index (χ3v) is 3.41. The van der Waals surface area contributed by atoms with Gasteiger partial charge in [0, 0.05) is 17.6 Å². The van der Waals surface area contributed by atoms with Crippen molar-refractivity contribution in [3.63, 3.8) is 0 Å². The third kappa shape index (κ3) is 3.55. The maximum atomic E-state index is 6.00. The van der Waals surface area contributed by atoms with Crippen LogP contribution in [0.3, 0.4) is 0 Å². The molecule has 96 valence electrons. The molecule has 0 amide bonds. The molecule has 0 bridgehead atoms. The fraction of sp³-hybridized carbons (Fsp3) is 0.273. The quantitative estimate of drug-likeness (QED) is 0.914. The minimum Gasteiger partial charge on any atom is -0.428 e. The number of aromatic nitrogens is 2. The van der Waals surface area contributed by atoms with Crippen molar-refractivity contribution < 1.29 is 4.74 Å². The Labute approximate surface area is 119 Å². The molecule has 2 rings (SSSR count). The van der Waals surface area contributed by atoms with Crippen molar-refractivity contribution in [2.45, 2.75) is 13.5 Å². The summed E-state index contributed by atoms with van der Waals surface area (Å²) in [5, 5.41) is 13.5. The number of benzene rings is 1. The molecule has 18 heavy (non-hydrogen) atoms. The summed E-state index contributed by atoms with van der Waals surface area (Å²) in [5.41, 5.74) is 0. The Bertz CT molecular complexity index is 533. The number of nitrogens with one attached hydrogen (secondary N) is 1. The second-order valence-electron chi connectivity index (χ2n) is 3.42. The zero-order chi connectivity index (χ0) is 13.0. The van der Waals surface area contributed by atoms with Crippen molar-refractivity contribution in [2.24, 2.45) is 0 Å². The van der Waals surface area contributed by atoms with Crippen LogP contribution in [0.5, 0.6) is 10.9 Å². The molecule has 4 nitrogen and oxygen atoms in total. The molecule has 0 spiro atoms. The first-order valence-corrected chi connectivity index (χ1v) is 6.92. The molecule has 1 N–H and O–H groups in total. The van der Waals surface area contributed by atoms with Gasteiger partial charge in [-0.1, -0.05) is 46.6 Å². The zero-order valence-corrected chi connectivity index (χ0v) is 11.9. The summed E-state index contributed by atoms with van der Waals surface area (Å²) in [6.45, 7) is 3.60. The monoisotopic (exact) mass is 303 g/mol. The van der Waals surface area contributed by atoms with Gasteiger partial charge >= 0.3 is 0 Å². The van der Waals surface area contributed by atoms with E-state index in [9.17, 15) is 0 Å². The van der Waals surface area contributed by atoms with Gasteiger partial charge in [0.05, 0.1) is 5.02 Å². The molecular weight excluding hydrogens is 293 g/mol. The van der Waals surface area contributed by atoms with Crippen LogP contribution in [0.4, 0.5) is 0 Å². The Morgan fingerprint density at radius 3 is 2.94 bits per heavy atom. The van der Waals surface area contributed by atoms with Gasteiger partial charge < -0.3 is 10.1 Å². The first-order valence-electron chi connectivity index (χ1n) is 5.35. The van der Waals surface area contributed by atoms with E-state index in [0.29, 0.717) is 27.5 Å². The van der Waals surface area contributed by atoms with Crippen molar-refractivity contribution in [1.82, 2.24) is 15.5 Å². The fourth-order valence-electron chi connectivity index (χ4n) is 1.23. The fourth-order valence-corrected chi connectivity index (χ4v) is 2.22. The van der Waals surface area contributed by atoms with Crippen molar-refractivity contribution in [3.05, 3.63) is 33.3 Å². The Balaban J connectivity index is 2.08. The molecule has 0 radical (unpaired) electrons. The van der Waals surface area contributed by atoms with Gasteiger partial charge in [-0.2, -0.15) is 0 Å². The molecule has 0 atom stereocenters. The highest BCUT2D eigenvalue weighted by molar-refractivity contribution is 7.13. The van der Waals surface area contributed by atoms with E-state index in [1.807, 2.05) is 6.92 Å². The van der Waals surface area contributed by atoms with Crippen molar-refractivity contribution in [3.8, 4) is 10.9 Å². The number of hydrogen-bond acceptors (Lipinski definition) is 5. The first kappa shape index (κ1) is 13.5. The van der Waals surface area contributed by atoms with Crippen LogP contribution >= 0.6 is 34.5 Å². The lowest BCUT2D eigenvalue weighted by atomic mass is 10.3. The molecule has 1 aromatic heterocycles.